The smallest absolute Gasteiger partial charge is 0.253 e. The predicted octanol–water partition coefficient (Wildman–Crippen LogP) is 4.80. The summed E-state index contributed by atoms with van der Waals surface area (Å²) in [5, 5.41) is 0. The van der Waals surface area contributed by atoms with Crippen molar-refractivity contribution in [2.75, 3.05) is 20.1 Å². The molecule has 1 unspecified atom stereocenters. The van der Waals surface area contributed by atoms with Gasteiger partial charge in [-0.2, -0.15) is 0 Å². The molecule has 0 bridgehead atoms. The number of likely N-dealkylation sites (tertiary alicyclic amines) is 1. The summed E-state index contributed by atoms with van der Waals surface area (Å²) in [6, 6.07) is 10.5. The Kier molecular flexibility index (Phi) is 6.67. The van der Waals surface area contributed by atoms with Crippen molar-refractivity contribution in [1.29, 1.82) is 0 Å². The number of piperidine rings is 1. The van der Waals surface area contributed by atoms with Crippen LogP contribution in [0.15, 0.2) is 46.9 Å². The van der Waals surface area contributed by atoms with Gasteiger partial charge in [0.2, 0.25) is 5.91 Å². The van der Waals surface area contributed by atoms with Crippen molar-refractivity contribution in [3.63, 3.8) is 0 Å². The molecule has 0 radical (unpaired) electrons. The van der Waals surface area contributed by atoms with Crippen LogP contribution in [0.3, 0.4) is 0 Å². The van der Waals surface area contributed by atoms with Crippen molar-refractivity contribution in [2.45, 2.75) is 25.8 Å². The molecule has 0 aromatic heterocycles. The third-order valence-electron chi connectivity index (χ3n) is 5.58. The highest BCUT2D eigenvalue weighted by Crippen LogP contribution is 2.26. The van der Waals surface area contributed by atoms with E-state index in [4.69, 9.17) is 0 Å². The molecule has 1 saturated heterocycles. The van der Waals surface area contributed by atoms with Crippen molar-refractivity contribution in [2.24, 2.45) is 5.92 Å². The maximum absolute atomic E-state index is 13.5. The average molecular weight is 465 g/mol. The normalized spacial score (nSPS) is 15.8. The van der Waals surface area contributed by atoms with E-state index < -0.39 is 11.6 Å². The fraction of sp³-hybridized carbons (Fsp3) is 0.364. The molecular weight excluding hydrogens is 442 g/mol. The monoisotopic (exact) mass is 464 g/mol. The molecule has 154 valence electrons. The number of benzene rings is 2. The predicted molar refractivity (Wildman–Crippen MR) is 110 cm³/mol. The van der Waals surface area contributed by atoms with Crippen LogP contribution in [0.2, 0.25) is 0 Å². The quantitative estimate of drug-likeness (QED) is 0.651. The number of amides is 2. The zero-order chi connectivity index (χ0) is 21.1. The molecule has 2 amide bonds. The Labute approximate surface area is 177 Å². The minimum absolute atomic E-state index is 0.0353. The van der Waals surface area contributed by atoms with Crippen molar-refractivity contribution in [3.05, 3.63) is 69.7 Å². The van der Waals surface area contributed by atoms with Gasteiger partial charge in [0.1, 0.15) is 0 Å². The Morgan fingerprint density at radius 3 is 2.28 bits per heavy atom. The molecule has 3 rings (SSSR count). The average Bonchev–Trinajstić information content (AvgIpc) is 2.74. The molecule has 0 saturated carbocycles. The maximum atomic E-state index is 13.5. The van der Waals surface area contributed by atoms with Crippen LogP contribution in [-0.2, 0) is 4.79 Å². The lowest BCUT2D eigenvalue weighted by atomic mass is 9.94. The van der Waals surface area contributed by atoms with Gasteiger partial charge in [-0.1, -0.05) is 22.0 Å². The minimum Gasteiger partial charge on any atom is -0.339 e. The van der Waals surface area contributed by atoms with E-state index >= 15 is 0 Å². The molecule has 2 aromatic carbocycles. The van der Waals surface area contributed by atoms with E-state index in [0.29, 0.717) is 37.1 Å². The fourth-order valence-corrected chi connectivity index (χ4v) is 3.84. The molecular formula is C22H23BrF2N2O2. The lowest BCUT2D eigenvalue weighted by Gasteiger charge is -2.35. The van der Waals surface area contributed by atoms with Gasteiger partial charge in [0.15, 0.2) is 11.6 Å². The molecule has 1 aliphatic rings. The number of hydrogen-bond donors (Lipinski definition) is 0. The molecule has 1 heterocycles. The van der Waals surface area contributed by atoms with E-state index in [1.54, 1.807) is 35.9 Å². The van der Waals surface area contributed by atoms with E-state index in [9.17, 15) is 18.4 Å². The van der Waals surface area contributed by atoms with Crippen LogP contribution < -0.4 is 0 Å². The molecule has 4 nitrogen and oxygen atoms in total. The highest BCUT2D eigenvalue weighted by Gasteiger charge is 2.31. The number of halogens is 3. The zero-order valence-electron chi connectivity index (χ0n) is 16.4. The van der Waals surface area contributed by atoms with Crippen LogP contribution in [-0.4, -0.2) is 41.8 Å². The Morgan fingerprint density at radius 1 is 1.07 bits per heavy atom. The first-order valence-electron chi connectivity index (χ1n) is 9.54. The Bertz CT molecular complexity index is 896. The van der Waals surface area contributed by atoms with Gasteiger partial charge in [-0.15, -0.1) is 0 Å². The van der Waals surface area contributed by atoms with Crippen molar-refractivity contribution in [1.82, 2.24) is 9.80 Å². The second-order valence-corrected chi connectivity index (χ2v) is 8.29. The summed E-state index contributed by atoms with van der Waals surface area (Å²) < 4.78 is 27.6. The number of rotatable bonds is 4. The summed E-state index contributed by atoms with van der Waals surface area (Å²) in [5.41, 5.74) is 1.17. The van der Waals surface area contributed by atoms with Crippen LogP contribution in [0.25, 0.3) is 0 Å². The van der Waals surface area contributed by atoms with E-state index in [1.165, 1.54) is 6.07 Å². The standard InChI is InChI=1S/C22H23BrF2N2O2/c1-14(17-5-8-19(24)20(25)13-17)26(2)21(28)16-9-11-27(12-10-16)22(29)15-3-6-18(23)7-4-15/h3-8,13-14,16H,9-12H2,1-2H3. The van der Waals surface area contributed by atoms with Gasteiger partial charge in [0.25, 0.3) is 5.91 Å². The maximum Gasteiger partial charge on any atom is 0.253 e. The Morgan fingerprint density at radius 2 is 1.69 bits per heavy atom. The zero-order valence-corrected chi connectivity index (χ0v) is 18.0. The summed E-state index contributed by atoms with van der Waals surface area (Å²) in [6.45, 7) is 2.81. The lowest BCUT2D eigenvalue weighted by molar-refractivity contribution is -0.137. The Balaban J connectivity index is 1.59. The summed E-state index contributed by atoms with van der Waals surface area (Å²) in [4.78, 5) is 28.9. The van der Waals surface area contributed by atoms with E-state index in [2.05, 4.69) is 15.9 Å². The van der Waals surface area contributed by atoms with E-state index in [-0.39, 0.29) is 23.8 Å². The topological polar surface area (TPSA) is 40.6 Å². The minimum atomic E-state index is -0.921. The van der Waals surface area contributed by atoms with Crippen molar-refractivity contribution >= 4 is 27.7 Å². The van der Waals surface area contributed by atoms with Crippen molar-refractivity contribution < 1.29 is 18.4 Å². The number of hydrogen-bond acceptors (Lipinski definition) is 2. The molecule has 0 spiro atoms. The van der Waals surface area contributed by atoms with Crippen LogP contribution in [0.4, 0.5) is 8.78 Å². The van der Waals surface area contributed by atoms with Crippen molar-refractivity contribution in [3.8, 4) is 0 Å². The Hall–Kier alpha value is -2.28. The third-order valence-corrected chi connectivity index (χ3v) is 6.11. The fourth-order valence-electron chi connectivity index (χ4n) is 3.58. The number of nitrogens with zero attached hydrogens (tertiary/aromatic N) is 2. The summed E-state index contributed by atoms with van der Waals surface area (Å²) in [5.74, 6) is -2.10. The van der Waals surface area contributed by atoms with Crippen LogP contribution in [0.1, 0.15) is 41.7 Å². The van der Waals surface area contributed by atoms with Gasteiger partial charge in [-0.05, 0) is 61.7 Å². The van der Waals surface area contributed by atoms with Gasteiger partial charge in [-0.3, -0.25) is 9.59 Å². The third kappa shape index (κ3) is 4.83. The van der Waals surface area contributed by atoms with Gasteiger partial charge in [-0.25, -0.2) is 8.78 Å². The van der Waals surface area contributed by atoms with Gasteiger partial charge < -0.3 is 9.80 Å². The molecule has 2 aromatic rings. The summed E-state index contributed by atoms with van der Waals surface area (Å²) in [7, 11) is 1.67. The first-order valence-corrected chi connectivity index (χ1v) is 10.3. The molecule has 1 aliphatic heterocycles. The number of carbonyl (C=O) groups is 2. The molecule has 0 N–H and O–H groups in total. The first-order chi connectivity index (χ1) is 13.8. The van der Waals surface area contributed by atoms with Gasteiger partial charge in [0.05, 0.1) is 6.04 Å². The highest BCUT2D eigenvalue weighted by atomic mass is 79.9. The number of carbonyl (C=O) groups excluding carboxylic acids is 2. The second-order valence-electron chi connectivity index (χ2n) is 7.37. The van der Waals surface area contributed by atoms with E-state index in [1.807, 2.05) is 12.1 Å². The lowest BCUT2D eigenvalue weighted by Crippen LogP contribution is -2.44. The molecule has 1 fully saturated rings. The van der Waals surface area contributed by atoms with Crippen LogP contribution >= 0.6 is 15.9 Å². The van der Waals surface area contributed by atoms with Gasteiger partial charge in [0, 0.05) is 36.1 Å². The summed E-state index contributed by atoms with van der Waals surface area (Å²) >= 11 is 3.36. The van der Waals surface area contributed by atoms with Gasteiger partial charge >= 0.3 is 0 Å². The molecule has 7 heteroatoms. The second kappa shape index (κ2) is 9.03. The SMILES string of the molecule is CC(c1ccc(F)c(F)c1)N(C)C(=O)C1CCN(C(=O)c2ccc(Br)cc2)CC1. The van der Waals surface area contributed by atoms with E-state index in [0.717, 1.165) is 16.6 Å². The summed E-state index contributed by atoms with van der Waals surface area (Å²) in [6.07, 6.45) is 1.16. The van der Waals surface area contributed by atoms with Crippen LogP contribution in [0.5, 0.6) is 0 Å². The molecule has 1 atom stereocenters. The van der Waals surface area contributed by atoms with Crippen LogP contribution in [0, 0.1) is 17.6 Å². The molecule has 29 heavy (non-hydrogen) atoms. The largest absolute Gasteiger partial charge is 0.339 e. The highest BCUT2D eigenvalue weighted by molar-refractivity contribution is 9.10. The molecule has 0 aliphatic carbocycles. The first kappa shape index (κ1) is 21.4.